The van der Waals surface area contributed by atoms with Crippen LogP contribution in [0.1, 0.15) is 89.9 Å². The average molecular weight is 378 g/mol. The SMILES string of the molecule is O=C(O)CNC(=O)CCCCCCCCCCCCCCCS(=O)O. The van der Waals surface area contributed by atoms with Gasteiger partial charge >= 0.3 is 5.97 Å². The highest BCUT2D eigenvalue weighted by Gasteiger charge is 2.03. The van der Waals surface area contributed by atoms with Gasteiger partial charge in [0.25, 0.3) is 0 Å². The summed E-state index contributed by atoms with van der Waals surface area (Å²) in [5.74, 6) is -0.771. The Labute approximate surface area is 154 Å². The van der Waals surface area contributed by atoms with Gasteiger partial charge in [-0.15, -0.1) is 0 Å². The van der Waals surface area contributed by atoms with Crippen LogP contribution in [0.3, 0.4) is 0 Å². The lowest BCUT2D eigenvalue weighted by Crippen LogP contribution is -2.28. The monoisotopic (exact) mass is 377 g/mol. The van der Waals surface area contributed by atoms with Gasteiger partial charge in [-0.3, -0.25) is 9.59 Å². The van der Waals surface area contributed by atoms with Crippen LogP contribution in [0.5, 0.6) is 0 Å². The highest BCUT2D eigenvalue weighted by Crippen LogP contribution is 2.13. The number of carboxylic acids is 1. The number of carbonyl (C=O) groups is 2. The highest BCUT2D eigenvalue weighted by atomic mass is 32.2. The molecule has 6 nitrogen and oxygen atoms in total. The lowest BCUT2D eigenvalue weighted by Gasteiger charge is -2.04. The molecule has 148 valence electrons. The van der Waals surface area contributed by atoms with Crippen LogP contribution in [0.4, 0.5) is 0 Å². The van der Waals surface area contributed by atoms with Gasteiger partial charge in [0.15, 0.2) is 11.1 Å². The first kappa shape index (κ1) is 24.1. The summed E-state index contributed by atoms with van der Waals surface area (Å²) in [5, 5.41) is 10.8. The minimum atomic E-state index is -1.63. The maximum atomic E-state index is 11.3. The molecule has 0 radical (unpaired) electrons. The van der Waals surface area contributed by atoms with Gasteiger partial charge in [0.1, 0.15) is 6.54 Å². The molecule has 0 saturated carbocycles. The van der Waals surface area contributed by atoms with E-state index in [2.05, 4.69) is 5.32 Å². The summed E-state index contributed by atoms with van der Waals surface area (Å²) < 4.78 is 19.1. The molecule has 1 amide bonds. The minimum Gasteiger partial charge on any atom is -0.480 e. The van der Waals surface area contributed by atoms with Gasteiger partial charge in [-0.2, -0.15) is 0 Å². The molecule has 1 atom stereocenters. The van der Waals surface area contributed by atoms with E-state index in [1.165, 1.54) is 44.9 Å². The first-order valence-electron chi connectivity index (χ1n) is 9.58. The van der Waals surface area contributed by atoms with Crippen LogP contribution in [-0.4, -0.2) is 38.0 Å². The van der Waals surface area contributed by atoms with Gasteiger partial charge in [-0.1, -0.05) is 70.6 Å². The quantitative estimate of drug-likeness (QED) is 0.248. The molecular formula is C18H35NO5S. The van der Waals surface area contributed by atoms with Crippen LogP contribution in [0.25, 0.3) is 0 Å². The largest absolute Gasteiger partial charge is 0.480 e. The number of unbranched alkanes of at least 4 members (excludes halogenated alkanes) is 12. The Bertz CT molecular complexity index is 376. The number of amides is 1. The number of carbonyl (C=O) groups excluding carboxylic acids is 1. The van der Waals surface area contributed by atoms with Gasteiger partial charge in [0, 0.05) is 12.2 Å². The van der Waals surface area contributed by atoms with E-state index in [-0.39, 0.29) is 12.5 Å². The Morgan fingerprint density at radius 2 is 1.12 bits per heavy atom. The third kappa shape index (κ3) is 21.0. The zero-order chi connectivity index (χ0) is 18.8. The van der Waals surface area contributed by atoms with Gasteiger partial charge in [-0.05, 0) is 12.8 Å². The second-order valence-corrected chi connectivity index (χ2v) is 7.59. The molecule has 0 spiro atoms. The molecule has 0 heterocycles. The van der Waals surface area contributed by atoms with E-state index < -0.39 is 17.0 Å². The Balaban J connectivity index is 3.13. The predicted molar refractivity (Wildman–Crippen MR) is 101 cm³/mol. The minimum absolute atomic E-state index is 0.174. The van der Waals surface area contributed by atoms with Crippen LogP contribution < -0.4 is 5.32 Å². The molecule has 0 aromatic heterocycles. The second-order valence-electron chi connectivity index (χ2n) is 6.54. The smallest absolute Gasteiger partial charge is 0.322 e. The van der Waals surface area contributed by atoms with E-state index in [4.69, 9.17) is 9.66 Å². The molecule has 0 aromatic rings. The van der Waals surface area contributed by atoms with Crippen molar-refractivity contribution in [2.75, 3.05) is 12.3 Å². The van der Waals surface area contributed by atoms with Gasteiger partial charge in [-0.25, -0.2) is 4.21 Å². The van der Waals surface area contributed by atoms with E-state index in [1.807, 2.05) is 0 Å². The molecule has 0 rings (SSSR count). The molecule has 3 N–H and O–H groups in total. The molecule has 1 unspecified atom stereocenters. The van der Waals surface area contributed by atoms with Crippen molar-refractivity contribution >= 4 is 23.0 Å². The van der Waals surface area contributed by atoms with Crippen LogP contribution >= 0.6 is 0 Å². The van der Waals surface area contributed by atoms with Crippen molar-refractivity contribution in [2.45, 2.75) is 89.9 Å². The molecule has 0 bridgehead atoms. The number of carboxylic acid groups (broad SMARTS) is 1. The second kappa shape index (κ2) is 17.9. The van der Waals surface area contributed by atoms with Crippen molar-refractivity contribution in [3.63, 3.8) is 0 Å². The fraction of sp³-hybridized carbons (Fsp3) is 0.889. The van der Waals surface area contributed by atoms with Crippen LogP contribution in [0, 0.1) is 0 Å². The Hall–Kier alpha value is -0.950. The zero-order valence-corrected chi connectivity index (χ0v) is 16.2. The highest BCUT2D eigenvalue weighted by molar-refractivity contribution is 7.79. The summed E-state index contributed by atoms with van der Waals surface area (Å²) in [5.41, 5.74) is 0. The number of nitrogens with one attached hydrogen (secondary N) is 1. The Morgan fingerprint density at radius 1 is 0.720 bits per heavy atom. The van der Waals surface area contributed by atoms with Crippen molar-refractivity contribution in [1.29, 1.82) is 0 Å². The topological polar surface area (TPSA) is 104 Å². The summed E-state index contributed by atoms with van der Waals surface area (Å²) in [6.07, 6.45) is 15.2. The summed E-state index contributed by atoms with van der Waals surface area (Å²) in [6.45, 7) is -0.289. The maximum Gasteiger partial charge on any atom is 0.322 e. The van der Waals surface area contributed by atoms with E-state index >= 15 is 0 Å². The van der Waals surface area contributed by atoms with Crippen molar-refractivity contribution in [2.24, 2.45) is 0 Å². The molecule has 25 heavy (non-hydrogen) atoms. The third-order valence-corrected chi connectivity index (χ3v) is 4.80. The number of aliphatic carboxylic acids is 1. The van der Waals surface area contributed by atoms with Gasteiger partial charge in [0.05, 0.1) is 0 Å². The molecule has 7 heteroatoms. The molecule has 0 aliphatic rings. The molecule has 0 aliphatic heterocycles. The first-order chi connectivity index (χ1) is 12.0. The lowest BCUT2D eigenvalue weighted by atomic mass is 10.0. The van der Waals surface area contributed by atoms with Gasteiger partial charge in [0.2, 0.25) is 5.91 Å². The van der Waals surface area contributed by atoms with Crippen LogP contribution in [-0.2, 0) is 20.7 Å². The molecule has 0 aliphatic carbocycles. The number of hydrogen-bond acceptors (Lipinski definition) is 3. The normalized spacial score (nSPS) is 12.0. The van der Waals surface area contributed by atoms with Crippen LogP contribution in [0.15, 0.2) is 0 Å². The predicted octanol–water partition coefficient (Wildman–Crippen LogP) is 3.87. The van der Waals surface area contributed by atoms with Crippen LogP contribution in [0.2, 0.25) is 0 Å². The van der Waals surface area contributed by atoms with Crippen molar-refractivity contribution in [3.05, 3.63) is 0 Å². The van der Waals surface area contributed by atoms with E-state index in [0.29, 0.717) is 12.2 Å². The summed E-state index contributed by atoms with van der Waals surface area (Å²) >= 11 is -1.63. The van der Waals surface area contributed by atoms with Crippen molar-refractivity contribution in [3.8, 4) is 0 Å². The average Bonchev–Trinajstić information content (AvgIpc) is 2.56. The molecular weight excluding hydrogens is 342 g/mol. The fourth-order valence-electron chi connectivity index (χ4n) is 2.72. The van der Waals surface area contributed by atoms with Gasteiger partial charge < -0.3 is 15.0 Å². The first-order valence-corrected chi connectivity index (χ1v) is 10.9. The number of hydrogen-bond donors (Lipinski definition) is 3. The maximum absolute atomic E-state index is 11.3. The fourth-order valence-corrected chi connectivity index (χ4v) is 3.17. The lowest BCUT2D eigenvalue weighted by molar-refractivity contribution is -0.137. The van der Waals surface area contributed by atoms with E-state index in [1.54, 1.807) is 0 Å². The molecule has 0 aromatic carbocycles. The van der Waals surface area contributed by atoms with E-state index in [0.717, 1.165) is 38.5 Å². The zero-order valence-electron chi connectivity index (χ0n) is 15.3. The summed E-state index contributed by atoms with van der Waals surface area (Å²) in [4.78, 5) is 21.6. The third-order valence-electron chi connectivity index (χ3n) is 4.16. The molecule has 0 saturated heterocycles. The van der Waals surface area contributed by atoms with E-state index in [9.17, 15) is 13.8 Å². The molecule has 0 fully saturated rings. The summed E-state index contributed by atoms with van der Waals surface area (Å²) in [6, 6.07) is 0. The van der Waals surface area contributed by atoms with Crippen molar-refractivity contribution in [1.82, 2.24) is 5.32 Å². The summed E-state index contributed by atoms with van der Waals surface area (Å²) in [7, 11) is 0. The standard InChI is InChI=1S/C18H35NO5S/c20-17(19-16-18(21)22)14-12-10-8-6-4-2-1-3-5-7-9-11-13-15-25(23)24/h1-16H2,(H,19,20)(H,21,22)(H,23,24). The Kier molecular flexibility index (Phi) is 17.2. The van der Waals surface area contributed by atoms with Crippen molar-refractivity contribution < 1.29 is 23.5 Å². The number of rotatable bonds is 18. The Morgan fingerprint density at radius 3 is 1.52 bits per heavy atom.